The molecule has 0 radical (unpaired) electrons. The number of benzene rings is 1. The highest BCUT2D eigenvalue weighted by molar-refractivity contribution is 5.58. The summed E-state index contributed by atoms with van der Waals surface area (Å²) in [4.78, 5) is 2.39. The van der Waals surface area contributed by atoms with Crippen molar-refractivity contribution >= 4 is 5.69 Å². The Morgan fingerprint density at radius 2 is 2.12 bits per heavy atom. The lowest BCUT2D eigenvalue weighted by Gasteiger charge is -2.25. The van der Waals surface area contributed by atoms with Gasteiger partial charge in [-0.25, -0.2) is 0 Å². The van der Waals surface area contributed by atoms with E-state index in [1.807, 2.05) is 13.1 Å². The van der Waals surface area contributed by atoms with Gasteiger partial charge in [0, 0.05) is 30.4 Å². The van der Waals surface area contributed by atoms with Crippen molar-refractivity contribution in [2.75, 3.05) is 31.8 Å². The van der Waals surface area contributed by atoms with Crippen LogP contribution < -0.4 is 19.7 Å². The largest absolute Gasteiger partial charge is 0.454 e. The highest BCUT2D eigenvalue weighted by Gasteiger charge is 2.32. The summed E-state index contributed by atoms with van der Waals surface area (Å²) in [6.45, 7) is 4.72. The fraction of sp³-hybridized carbons (Fsp3) is 0.538. The minimum atomic E-state index is 0.219. The Hall–Kier alpha value is -1.42. The van der Waals surface area contributed by atoms with Crippen molar-refractivity contribution in [3.05, 3.63) is 18.2 Å². The molecule has 1 fully saturated rings. The van der Waals surface area contributed by atoms with Gasteiger partial charge < -0.3 is 19.7 Å². The molecule has 3 rings (SSSR count). The first-order chi connectivity index (χ1) is 8.20. The first kappa shape index (κ1) is 10.7. The van der Waals surface area contributed by atoms with Gasteiger partial charge in [0.05, 0.1) is 0 Å². The maximum Gasteiger partial charge on any atom is 0.231 e. The fourth-order valence-corrected chi connectivity index (χ4v) is 2.47. The van der Waals surface area contributed by atoms with Crippen LogP contribution in [0.2, 0.25) is 0 Å². The summed E-state index contributed by atoms with van der Waals surface area (Å²) in [5.74, 6) is 1.71. The van der Waals surface area contributed by atoms with Crippen LogP contribution in [0.3, 0.4) is 0 Å². The lowest BCUT2D eigenvalue weighted by molar-refractivity contribution is 0.174. The van der Waals surface area contributed by atoms with E-state index in [1.54, 1.807) is 0 Å². The van der Waals surface area contributed by atoms with Gasteiger partial charge in [-0.05, 0) is 32.5 Å². The van der Waals surface area contributed by atoms with Gasteiger partial charge in [-0.3, -0.25) is 0 Å². The molecule has 2 heterocycles. The topological polar surface area (TPSA) is 33.7 Å². The quantitative estimate of drug-likeness (QED) is 0.843. The molecule has 92 valence electrons. The molecule has 0 spiro atoms. The molecule has 4 nitrogen and oxygen atoms in total. The van der Waals surface area contributed by atoms with E-state index in [9.17, 15) is 0 Å². The highest BCUT2D eigenvalue weighted by Crippen LogP contribution is 2.37. The Labute approximate surface area is 102 Å². The third-order valence-electron chi connectivity index (χ3n) is 3.80. The van der Waals surface area contributed by atoms with Crippen molar-refractivity contribution in [3.8, 4) is 11.5 Å². The van der Waals surface area contributed by atoms with Crippen LogP contribution in [0, 0.1) is 0 Å². The number of hydrogen-bond acceptors (Lipinski definition) is 4. The van der Waals surface area contributed by atoms with E-state index < -0.39 is 0 Å². The van der Waals surface area contributed by atoms with Crippen molar-refractivity contribution in [3.63, 3.8) is 0 Å². The average Bonchev–Trinajstić information content (AvgIpc) is 2.95. The van der Waals surface area contributed by atoms with Gasteiger partial charge in [0.25, 0.3) is 0 Å². The summed E-state index contributed by atoms with van der Waals surface area (Å²) in [5.41, 5.74) is 1.43. The molecule has 1 aromatic carbocycles. The number of nitrogens with zero attached hydrogens (tertiary/aromatic N) is 1. The number of fused-ring (bicyclic) bond motifs is 1. The second kappa shape index (κ2) is 3.81. The van der Waals surface area contributed by atoms with Crippen LogP contribution in [-0.2, 0) is 0 Å². The van der Waals surface area contributed by atoms with Gasteiger partial charge in [-0.1, -0.05) is 0 Å². The van der Waals surface area contributed by atoms with Gasteiger partial charge >= 0.3 is 0 Å². The minimum Gasteiger partial charge on any atom is -0.454 e. The van der Waals surface area contributed by atoms with Crippen molar-refractivity contribution in [2.24, 2.45) is 0 Å². The number of anilines is 1. The summed E-state index contributed by atoms with van der Waals surface area (Å²) in [6.07, 6.45) is 1.16. The Balaban J connectivity index is 1.82. The molecule has 1 saturated heterocycles. The van der Waals surface area contributed by atoms with Gasteiger partial charge in [0.2, 0.25) is 6.79 Å². The molecule has 1 atom stereocenters. The van der Waals surface area contributed by atoms with Gasteiger partial charge in [0.1, 0.15) is 0 Å². The Bertz CT molecular complexity index is 435. The number of nitrogens with one attached hydrogen (secondary N) is 1. The molecular weight excluding hydrogens is 216 g/mol. The number of hydrogen-bond donors (Lipinski definition) is 1. The predicted octanol–water partition coefficient (Wildman–Crippen LogP) is 1.60. The Morgan fingerprint density at radius 1 is 1.29 bits per heavy atom. The molecule has 17 heavy (non-hydrogen) atoms. The SMILES string of the molecule is CNC1(C)CCN(c2ccc3c(c2)OCO3)C1. The molecule has 0 aliphatic carbocycles. The van der Waals surface area contributed by atoms with E-state index in [1.165, 1.54) is 5.69 Å². The van der Waals surface area contributed by atoms with Gasteiger partial charge in [0.15, 0.2) is 11.5 Å². The smallest absolute Gasteiger partial charge is 0.231 e. The first-order valence-corrected chi connectivity index (χ1v) is 6.04. The maximum absolute atomic E-state index is 5.41. The standard InChI is InChI=1S/C13H18N2O2/c1-13(14-2)5-6-15(8-13)10-3-4-11-12(7-10)17-9-16-11/h3-4,7,14H,5-6,8-9H2,1-2H3. The van der Waals surface area contributed by atoms with Crippen LogP contribution in [0.1, 0.15) is 13.3 Å². The summed E-state index contributed by atoms with van der Waals surface area (Å²) in [6, 6.07) is 6.17. The lowest BCUT2D eigenvalue weighted by Crippen LogP contribution is -2.42. The number of rotatable bonds is 2. The summed E-state index contributed by atoms with van der Waals surface area (Å²) in [5, 5.41) is 3.39. The van der Waals surface area contributed by atoms with Crippen LogP contribution in [-0.4, -0.2) is 32.5 Å². The Kier molecular flexibility index (Phi) is 2.40. The van der Waals surface area contributed by atoms with Crippen molar-refractivity contribution in [2.45, 2.75) is 18.9 Å². The third-order valence-corrected chi connectivity index (χ3v) is 3.80. The molecule has 1 N–H and O–H groups in total. The predicted molar refractivity (Wildman–Crippen MR) is 66.9 cm³/mol. The summed E-state index contributed by atoms with van der Waals surface area (Å²) >= 11 is 0. The summed E-state index contributed by atoms with van der Waals surface area (Å²) < 4.78 is 10.7. The molecule has 0 bridgehead atoms. The first-order valence-electron chi connectivity index (χ1n) is 6.04. The van der Waals surface area contributed by atoms with E-state index in [0.29, 0.717) is 6.79 Å². The maximum atomic E-state index is 5.41. The lowest BCUT2D eigenvalue weighted by atomic mass is 10.0. The third kappa shape index (κ3) is 1.82. The molecule has 0 amide bonds. The van der Waals surface area contributed by atoms with Crippen molar-refractivity contribution in [1.82, 2.24) is 5.32 Å². The second-order valence-corrected chi connectivity index (χ2v) is 5.02. The zero-order valence-electron chi connectivity index (χ0n) is 10.3. The number of likely N-dealkylation sites (N-methyl/N-ethyl adjacent to an activating group) is 1. The van der Waals surface area contributed by atoms with E-state index in [2.05, 4.69) is 29.3 Å². The van der Waals surface area contributed by atoms with Gasteiger partial charge in [-0.15, -0.1) is 0 Å². The molecule has 4 heteroatoms. The van der Waals surface area contributed by atoms with Crippen molar-refractivity contribution in [1.29, 1.82) is 0 Å². The average molecular weight is 234 g/mol. The van der Waals surface area contributed by atoms with Crippen LogP contribution in [0.25, 0.3) is 0 Å². The molecule has 2 aliphatic heterocycles. The van der Waals surface area contributed by atoms with Gasteiger partial charge in [-0.2, -0.15) is 0 Å². The van der Waals surface area contributed by atoms with E-state index in [-0.39, 0.29) is 5.54 Å². The Morgan fingerprint density at radius 3 is 2.88 bits per heavy atom. The van der Waals surface area contributed by atoms with Crippen LogP contribution in [0.5, 0.6) is 11.5 Å². The van der Waals surface area contributed by atoms with Crippen molar-refractivity contribution < 1.29 is 9.47 Å². The molecule has 1 unspecified atom stereocenters. The van der Waals surface area contributed by atoms with Crippen LogP contribution in [0.4, 0.5) is 5.69 Å². The number of ether oxygens (including phenoxy) is 2. The zero-order valence-corrected chi connectivity index (χ0v) is 10.3. The van der Waals surface area contributed by atoms with Crippen LogP contribution in [0.15, 0.2) is 18.2 Å². The fourth-order valence-electron chi connectivity index (χ4n) is 2.47. The zero-order chi connectivity index (χ0) is 11.9. The summed E-state index contributed by atoms with van der Waals surface area (Å²) in [7, 11) is 2.03. The molecule has 0 saturated carbocycles. The normalized spacial score (nSPS) is 26.6. The van der Waals surface area contributed by atoms with E-state index >= 15 is 0 Å². The van der Waals surface area contributed by atoms with Crippen LogP contribution >= 0.6 is 0 Å². The molecule has 0 aromatic heterocycles. The highest BCUT2D eigenvalue weighted by atomic mass is 16.7. The monoisotopic (exact) mass is 234 g/mol. The molecular formula is C13H18N2O2. The van der Waals surface area contributed by atoms with E-state index in [4.69, 9.17) is 9.47 Å². The molecule has 1 aromatic rings. The minimum absolute atomic E-state index is 0.219. The molecule has 2 aliphatic rings. The second-order valence-electron chi connectivity index (χ2n) is 5.02. The van der Waals surface area contributed by atoms with E-state index in [0.717, 1.165) is 31.0 Å².